The normalized spacial score (nSPS) is 10.0. The van der Waals surface area contributed by atoms with E-state index in [2.05, 4.69) is 15.6 Å². The number of alkyl halides is 1. The third kappa shape index (κ3) is 4.56. The van der Waals surface area contributed by atoms with Crippen LogP contribution in [0.5, 0.6) is 0 Å². The monoisotopic (exact) mass is 317 g/mol. The van der Waals surface area contributed by atoms with E-state index < -0.39 is 0 Å². The van der Waals surface area contributed by atoms with E-state index in [0.29, 0.717) is 17.8 Å². The molecule has 2 N–H and O–H groups in total. The van der Waals surface area contributed by atoms with Gasteiger partial charge < -0.3 is 10.6 Å². The van der Waals surface area contributed by atoms with Gasteiger partial charge in [-0.05, 0) is 24.3 Å². The number of pyridine rings is 1. The second-order valence-corrected chi connectivity index (χ2v) is 4.91. The summed E-state index contributed by atoms with van der Waals surface area (Å²) in [4.78, 5) is 28.0. The van der Waals surface area contributed by atoms with Crippen LogP contribution in [0.25, 0.3) is 0 Å². The molecule has 2 aromatic rings. The van der Waals surface area contributed by atoms with E-state index in [1.165, 1.54) is 0 Å². The van der Waals surface area contributed by atoms with Crippen molar-refractivity contribution in [1.82, 2.24) is 10.3 Å². The molecule has 0 bridgehead atoms. The van der Waals surface area contributed by atoms with Crippen molar-refractivity contribution in [3.63, 3.8) is 0 Å². The third-order valence-corrected chi connectivity index (χ3v) is 3.11. The first-order chi connectivity index (χ1) is 10.7. The Hall–Kier alpha value is -2.40. The van der Waals surface area contributed by atoms with E-state index in [4.69, 9.17) is 11.6 Å². The minimum Gasteiger partial charge on any atom is -0.346 e. The lowest BCUT2D eigenvalue weighted by atomic mass is 10.1. The van der Waals surface area contributed by atoms with Crippen molar-refractivity contribution in [1.29, 1.82) is 0 Å². The van der Waals surface area contributed by atoms with Crippen LogP contribution in [0.2, 0.25) is 0 Å². The van der Waals surface area contributed by atoms with Gasteiger partial charge in [-0.1, -0.05) is 18.2 Å². The molecule has 1 aromatic heterocycles. The van der Waals surface area contributed by atoms with Crippen LogP contribution in [-0.4, -0.2) is 22.7 Å². The summed E-state index contributed by atoms with van der Waals surface area (Å²) >= 11 is 5.54. The quantitative estimate of drug-likeness (QED) is 0.804. The Morgan fingerprint density at radius 2 is 1.86 bits per heavy atom. The molecule has 1 aromatic carbocycles. The molecular formula is C16H16ClN3O2. The number of aromatic nitrogens is 1. The van der Waals surface area contributed by atoms with Crippen LogP contribution >= 0.6 is 11.6 Å². The minimum atomic E-state index is -0.271. The number of benzene rings is 1. The van der Waals surface area contributed by atoms with Gasteiger partial charge in [0, 0.05) is 18.5 Å². The lowest BCUT2D eigenvalue weighted by Gasteiger charge is -2.11. The van der Waals surface area contributed by atoms with Gasteiger partial charge in [0.1, 0.15) is 0 Å². The summed E-state index contributed by atoms with van der Waals surface area (Å²) in [5.74, 6) is -0.257. The van der Waals surface area contributed by atoms with Crippen LogP contribution < -0.4 is 10.6 Å². The summed E-state index contributed by atoms with van der Waals surface area (Å²) in [5, 5.41) is 5.47. The molecule has 0 saturated heterocycles. The highest BCUT2D eigenvalue weighted by molar-refractivity contribution is 6.19. The highest BCUT2D eigenvalue weighted by Gasteiger charge is 2.12. The SMILES string of the molecule is O=C(CCCl)Nc1ccccc1C(=O)NCc1ccccn1. The summed E-state index contributed by atoms with van der Waals surface area (Å²) in [6.07, 6.45) is 1.87. The van der Waals surface area contributed by atoms with Gasteiger partial charge in [0.2, 0.25) is 5.91 Å². The fourth-order valence-corrected chi connectivity index (χ4v) is 2.03. The number of carbonyl (C=O) groups is 2. The molecule has 0 aliphatic rings. The van der Waals surface area contributed by atoms with Crippen LogP contribution in [-0.2, 0) is 11.3 Å². The summed E-state index contributed by atoms with van der Waals surface area (Å²) in [6, 6.07) is 12.3. The smallest absolute Gasteiger partial charge is 0.253 e. The number of para-hydroxylation sites is 1. The maximum Gasteiger partial charge on any atom is 0.253 e. The number of amides is 2. The topological polar surface area (TPSA) is 71.1 Å². The molecule has 1 heterocycles. The molecule has 0 fully saturated rings. The molecule has 2 rings (SSSR count). The van der Waals surface area contributed by atoms with Gasteiger partial charge in [-0.25, -0.2) is 0 Å². The van der Waals surface area contributed by atoms with Gasteiger partial charge in [0.15, 0.2) is 0 Å². The Bertz CT molecular complexity index is 647. The Balaban J connectivity index is 2.04. The van der Waals surface area contributed by atoms with Crippen molar-refractivity contribution >= 4 is 29.1 Å². The first-order valence-electron chi connectivity index (χ1n) is 6.83. The van der Waals surface area contributed by atoms with E-state index in [1.54, 1.807) is 30.5 Å². The zero-order valence-electron chi connectivity index (χ0n) is 11.9. The highest BCUT2D eigenvalue weighted by Crippen LogP contribution is 2.15. The zero-order valence-corrected chi connectivity index (χ0v) is 12.6. The van der Waals surface area contributed by atoms with E-state index >= 15 is 0 Å². The third-order valence-electron chi connectivity index (χ3n) is 2.92. The van der Waals surface area contributed by atoms with Crippen molar-refractivity contribution < 1.29 is 9.59 Å². The first-order valence-corrected chi connectivity index (χ1v) is 7.37. The molecule has 22 heavy (non-hydrogen) atoms. The highest BCUT2D eigenvalue weighted by atomic mass is 35.5. The molecule has 6 heteroatoms. The molecule has 0 saturated carbocycles. The molecule has 2 amide bonds. The van der Waals surface area contributed by atoms with Crippen LogP contribution in [0.4, 0.5) is 5.69 Å². The molecular weight excluding hydrogens is 302 g/mol. The van der Waals surface area contributed by atoms with E-state index in [0.717, 1.165) is 5.69 Å². The molecule has 114 valence electrons. The number of hydrogen-bond donors (Lipinski definition) is 2. The molecule has 0 atom stereocenters. The Kier molecular flexibility index (Phi) is 5.91. The first kappa shape index (κ1) is 16.0. The second-order valence-electron chi connectivity index (χ2n) is 4.54. The molecule has 0 aliphatic carbocycles. The predicted molar refractivity (Wildman–Crippen MR) is 85.8 cm³/mol. The van der Waals surface area contributed by atoms with E-state index in [9.17, 15) is 9.59 Å². The molecule has 5 nitrogen and oxygen atoms in total. The van der Waals surface area contributed by atoms with Crippen molar-refractivity contribution in [3.8, 4) is 0 Å². The fourth-order valence-electron chi connectivity index (χ4n) is 1.86. The lowest BCUT2D eigenvalue weighted by molar-refractivity contribution is -0.115. The van der Waals surface area contributed by atoms with E-state index in [1.807, 2.05) is 18.2 Å². The Labute approximate surface area is 133 Å². The van der Waals surface area contributed by atoms with E-state index in [-0.39, 0.29) is 24.1 Å². The number of rotatable bonds is 6. The number of nitrogens with zero attached hydrogens (tertiary/aromatic N) is 1. The van der Waals surface area contributed by atoms with Crippen LogP contribution in [0.15, 0.2) is 48.7 Å². The van der Waals surface area contributed by atoms with Crippen molar-refractivity contribution in [3.05, 3.63) is 59.9 Å². The van der Waals surface area contributed by atoms with Gasteiger partial charge in [0.05, 0.1) is 23.5 Å². The second kappa shape index (κ2) is 8.14. The number of halogens is 1. The zero-order chi connectivity index (χ0) is 15.8. The minimum absolute atomic E-state index is 0.200. The van der Waals surface area contributed by atoms with Gasteiger partial charge in [-0.2, -0.15) is 0 Å². The van der Waals surface area contributed by atoms with Crippen LogP contribution in [0.3, 0.4) is 0 Å². The predicted octanol–water partition coefficient (Wildman–Crippen LogP) is 2.58. The number of anilines is 1. The van der Waals surface area contributed by atoms with Gasteiger partial charge >= 0.3 is 0 Å². The van der Waals surface area contributed by atoms with Gasteiger partial charge in [0.25, 0.3) is 5.91 Å². The molecule has 0 radical (unpaired) electrons. The van der Waals surface area contributed by atoms with Crippen LogP contribution in [0, 0.1) is 0 Å². The summed E-state index contributed by atoms with van der Waals surface area (Å²) in [6.45, 7) is 0.323. The number of hydrogen-bond acceptors (Lipinski definition) is 3. The van der Waals surface area contributed by atoms with Crippen molar-refractivity contribution in [2.75, 3.05) is 11.2 Å². The maximum absolute atomic E-state index is 12.3. The molecule has 0 spiro atoms. The summed E-state index contributed by atoms with van der Waals surface area (Å²) in [7, 11) is 0. The Morgan fingerprint density at radius 1 is 1.09 bits per heavy atom. The van der Waals surface area contributed by atoms with Crippen LogP contribution in [0.1, 0.15) is 22.5 Å². The number of carbonyl (C=O) groups excluding carboxylic acids is 2. The van der Waals surface area contributed by atoms with Crippen molar-refractivity contribution in [2.45, 2.75) is 13.0 Å². The molecule has 0 aliphatic heterocycles. The standard InChI is InChI=1S/C16H16ClN3O2/c17-9-8-15(21)20-14-7-2-1-6-13(14)16(22)19-11-12-5-3-4-10-18-12/h1-7,10H,8-9,11H2,(H,19,22)(H,20,21). The largest absolute Gasteiger partial charge is 0.346 e. The Morgan fingerprint density at radius 3 is 2.59 bits per heavy atom. The lowest BCUT2D eigenvalue weighted by Crippen LogP contribution is -2.25. The summed E-state index contributed by atoms with van der Waals surface area (Å²) < 4.78 is 0. The van der Waals surface area contributed by atoms with Gasteiger partial charge in [-0.3, -0.25) is 14.6 Å². The summed E-state index contributed by atoms with van der Waals surface area (Å²) in [5.41, 5.74) is 1.64. The number of nitrogens with one attached hydrogen (secondary N) is 2. The average Bonchev–Trinajstić information content (AvgIpc) is 2.54. The molecule has 0 unspecified atom stereocenters. The van der Waals surface area contributed by atoms with Crippen molar-refractivity contribution in [2.24, 2.45) is 0 Å². The maximum atomic E-state index is 12.3. The van der Waals surface area contributed by atoms with Gasteiger partial charge in [-0.15, -0.1) is 11.6 Å². The fraction of sp³-hybridized carbons (Fsp3) is 0.188. The average molecular weight is 318 g/mol.